The van der Waals surface area contributed by atoms with Crippen molar-refractivity contribution in [1.82, 2.24) is 15.0 Å². The molecule has 0 unspecified atom stereocenters. The topological polar surface area (TPSA) is 70.8 Å². The molecule has 204 valence electrons. The third kappa shape index (κ3) is 5.26. The van der Waals surface area contributed by atoms with Crippen molar-refractivity contribution in [2.75, 3.05) is 0 Å². The highest BCUT2D eigenvalue weighted by Gasteiger charge is 2.10. The van der Waals surface area contributed by atoms with Crippen molar-refractivity contribution in [1.29, 1.82) is 0 Å². The summed E-state index contributed by atoms with van der Waals surface area (Å²) in [5, 5.41) is 2.82. The predicted molar refractivity (Wildman–Crippen MR) is 170 cm³/mol. The van der Waals surface area contributed by atoms with Crippen LogP contribution in [-0.2, 0) is 0 Å². The van der Waals surface area contributed by atoms with E-state index in [0.29, 0.717) is 5.02 Å². The zero-order valence-electron chi connectivity index (χ0n) is 22.8. The SMILES string of the molecule is Cc1ccc2cc(-c3cccc(-c4ccc[nH]4)c3)oc2c1.Clc1ccc2cc(-c3cccc(-c4ccc[nH]4)n3)oc2c1. The van der Waals surface area contributed by atoms with Crippen LogP contribution in [0.3, 0.4) is 0 Å². The normalized spacial score (nSPS) is 11.1. The molecule has 0 atom stereocenters. The molecule has 3 aromatic carbocycles. The van der Waals surface area contributed by atoms with Crippen LogP contribution in [0.25, 0.3) is 67.4 Å². The fourth-order valence-electron chi connectivity index (χ4n) is 4.97. The number of aryl methyl sites for hydroxylation is 1. The number of pyridine rings is 1. The van der Waals surface area contributed by atoms with Crippen LogP contribution in [0.1, 0.15) is 5.56 Å². The monoisotopic (exact) mass is 567 g/mol. The molecule has 0 aliphatic carbocycles. The van der Waals surface area contributed by atoms with E-state index < -0.39 is 0 Å². The fourth-order valence-corrected chi connectivity index (χ4v) is 5.14. The molecule has 8 aromatic rings. The lowest BCUT2D eigenvalue weighted by atomic mass is 10.1. The summed E-state index contributed by atoms with van der Waals surface area (Å²) in [4.78, 5) is 11.0. The van der Waals surface area contributed by atoms with Crippen LogP contribution < -0.4 is 0 Å². The molecule has 0 saturated carbocycles. The maximum Gasteiger partial charge on any atom is 0.153 e. The number of rotatable bonds is 4. The summed E-state index contributed by atoms with van der Waals surface area (Å²) in [7, 11) is 0. The van der Waals surface area contributed by atoms with Crippen LogP contribution in [0, 0.1) is 6.92 Å². The van der Waals surface area contributed by atoms with Gasteiger partial charge in [-0.15, -0.1) is 0 Å². The Bertz CT molecular complexity index is 1970. The summed E-state index contributed by atoms with van der Waals surface area (Å²) in [5.74, 6) is 1.64. The van der Waals surface area contributed by atoms with Gasteiger partial charge in [0.2, 0.25) is 0 Å². The number of nitrogens with zero attached hydrogens (tertiary/aromatic N) is 1. The van der Waals surface area contributed by atoms with Gasteiger partial charge in [-0.1, -0.05) is 48.0 Å². The molecule has 8 rings (SSSR count). The van der Waals surface area contributed by atoms with Crippen molar-refractivity contribution in [2.45, 2.75) is 6.92 Å². The van der Waals surface area contributed by atoms with Gasteiger partial charge in [0.05, 0.1) is 11.4 Å². The van der Waals surface area contributed by atoms with Crippen LogP contribution >= 0.6 is 11.6 Å². The van der Waals surface area contributed by atoms with Gasteiger partial charge in [0.15, 0.2) is 5.76 Å². The molecule has 0 aliphatic rings. The summed E-state index contributed by atoms with van der Waals surface area (Å²) in [5.41, 5.74) is 8.96. The molecule has 5 heterocycles. The molecule has 6 heteroatoms. The van der Waals surface area contributed by atoms with Gasteiger partial charge in [0.1, 0.15) is 22.6 Å². The number of hydrogen-bond acceptors (Lipinski definition) is 3. The third-order valence-corrected chi connectivity index (χ3v) is 7.32. The number of fused-ring (bicyclic) bond motifs is 2. The lowest BCUT2D eigenvalue weighted by molar-refractivity contribution is 0.629. The first-order chi connectivity index (χ1) is 20.6. The van der Waals surface area contributed by atoms with E-state index in [1.807, 2.05) is 73.1 Å². The second-order valence-corrected chi connectivity index (χ2v) is 10.5. The maximum absolute atomic E-state index is 6.00. The van der Waals surface area contributed by atoms with Crippen LogP contribution in [-0.4, -0.2) is 15.0 Å². The number of nitrogens with one attached hydrogen (secondary N) is 2. The maximum atomic E-state index is 6.00. The first-order valence-electron chi connectivity index (χ1n) is 13.6. The molecular weight excluding hydrogens is 542 g/mol. The molecule has 5 aromatic heterocycles. The number of aromatic amines is 2. The van der Waals surface area contributed by atoms with E-state index >= 15 is 0 Å². The van der Waals surface area contributed by atoms with Gasteiger partial charge in [-0.05, 0) is 90.8 Å². The number of furan rings is 2. The van der Waals surface area contributed by atoms with Gasteiger partial charge in [0.25, 0.3) is 0 Å². The van der Waals surface area contributed by atoms with Crippen molar-refractivity contribution < 1.29 is 8.83 Å². The molecule has 0 saturated heterocycles. The van der Waals surface area contributed by atoms with E-state index in [-0.39, 0.29) is 0 Å². The van der Waals surface area contributed by atoms with Crippen molar-refractivity contribution >= 4 is 33.5 Å². The van der Waals surface area contributed by atoms with E-state index in [1.54, 1.807) is 0 Å². The van der Waals surface area contributed by atoms with Gasteiger partial charge in [0, 0.05) is 45.5 Å². The Kier molecular flexibility index (Phi) is 6.70. The van der Waals surface area contributed by atoms with E-state index in [2.05, 4.69) is 76.5 Å². The van der Waals surface area contributed by atoms with E-state index in [0.717, 1.165) is 67.4 Å². The molecule has 0 bridgehead atoms. The minimum atomic E-state index is 0.663. The lowest BCUT2D eigenvalue weighted by Gasteiger charge is -2.01. The number of benzene rings is 3. The Labute approximate surface area is 247 Å². The van der Waals surface area contributed by atoms with Gasteiger partial charge in [-0.25, -0.2) is 4.98 Å². The molecule has 42 heavy (non-hydrogen) atoms. The molecule has 0 radical (unpaired) electrons. The van der Waals surface area contributed by atoms with E-state index in [9.17, 15) is 0 Å². The molecular formula is C36H26ClN3O2. The van der Waals surface area contributed by atoms with E-state index in [1.165, 1.54) is 5.56 Å². The summed E-state index contributed by atoms with van der Waals surface area (Å²) in [6.45, 7) is 2.08. The number of halogens is 1. The van der Waals surface area contributed by atoms with Crippen LogP contribution in [0.5, 0.6) is 0 Å². The number of H-pyrrole nitrogens is 2. The smallest absolute Gasteiger partial charge is 0.153 e. The van der Waals surface area contributed by atoms with Crippen molar-refractivity contribution in [3.8, 4) is 45.4 Å². The van der Waals surface area contributed by atoms with Crippen molar-refractivity contribution in [2.24, 2.45) is 0 Å². The van der Waals surface area contributed by atoms with Crippen LogP contribution in [0.4, 0.5) is 0 Å². The Morgan fingerprint density at radius 1 is 0.571 bits per heavy atom. The number of hydrogen-bond donors (Lipinski definition) is 2. The van der Waals surface area contributed by atoms with E-state index in [4.69, 9.17) is 20.4 Å². The second kappa shape index (κ2) is 11.0. The Morgan fingerprint density at radius 2 is 1.24 bits per heavy atom. The highest BCUT2D eigenvalue weighted by Crippen LogP contribution is 2.31. The van der Waals surface area contributed by atoms with Crippen molar-refractivity contribution in [3.63, 3.8) is 0 Å². The summed E-state index contributed by atoms with van der Waals surface area (Å²) in [6, 6.07) is 38.3. The molecule has 0 aliphatic heterocycles. The average Bonchev–Trinajstić information content (AvgIpc) is 3.84. The highest BCUT2D eigenvalue weighted by atomic mass is 35.5. The van der Waals surface area contributed by atoms with Gasteiger partial charge in [-0.2, -0.15) is 0 Å². The quantitative estimate of drug-likeness (QED) is 0.222. The molecule has 2 N–H and O–H groups in total. The fraction of sp³-hybridized carbons (Fsp3) is 0.0278. The van der Waals surface area contributed by atoms with Gasteiger partial charge in [-0.3, -0.25) is 0 Å². The Morgan fingerprint density at radius 3 is 2.05 bits per heavy atom. The predicted octanol–water partition coefficient (Wildman–Crippen LogP) is 10.5. The van der Waals surface area contributed by atoms with Crippen LogP contribution in [0.15, 0.2) is 136 Å². The zero-order valence-corrected chi connectivity index (χ0v) is 23.5. The van der Waals surface area contributed by atoms with Gasteiger partial charge < -0.3 is 18.8 Å². The first-order valence-corrected chi connectivity index (χ1v) is 14.0. The summed E-state index contributed by atoms with van der Waals surface area (Å²) >= 11 is 5.99. The molecule has 5 nitrogen and oxygen atoms in total. The van der Waals surface area contributed by atoms with Gasteiger partial charge >= 0.3 is 0 Å². The zero-order chi connectivity index (χ0) is 28.5. The third-order valence-electron chi connectivity index (χ3n) is 7.09. The second-order valence-electron chi connectivity index (χ2n) is 10.1. The largest absolute Gasteiger partial charge is 0.456 e. The minimum Gasteiger partial charge on any atom is -0.456 e. The lowest BCUT2D eigenvalue weighted by Crippen LogP contribution is -1.86. The molecule has 0 spiro atoms. The molecule has 0 fully saturated rings. The first kappa shape index (κ1) is 25.7. The summed E-state index contributed by atoms with van der Waals surface area (Å²) < 4.78 is 11.8. The Balaban J connectivity index is 0.000000137. The standard InChI is InChI=1S/C19H15NO.C17H11ClN2O/c1-13-7-8-16-12-19(21-18(16)10-13)15-5-2-4-14(11-15)17-6-3-9-20-17;18-12-7-6-11-9-17(21-16(11)10-12)15-4-1-3-14(20-15)13-5-2-8-19-13/h2-12,20H,1H3;1-10,19H. The Hall–Kier alpha value is -5.26. The highest BCUT2D eigenvalue weighted by molar-refractivity contribution is 6.31. The number of aromatic nitrogens is 3. The van der Waals surface area contributed by atoms with Crippen LogP contribution in [0.2, 0.25) is 5.02 Å². The average molecular weight is 568 g/mol. The minimum absolute atomic E-state index is 0.663. The summed E-state index contributed by atoms with van der Waals surface area (Å²) in [6.07, 6.45) is 3.82. The van der Waals surface area contributed by atoms with Crippen molar-refractivity contribution in [3.05, 3.63) is 138 Å². The molecule has 0 amide bonds.